The molecule has 2 heterocycles. The largest absolute Gasteiger partial charge is 0.322 e. The number of hydrogen-bond acceptors (Lipinski definition) is 3. The van der Waals surface area contributed by atoms with Crippen LogP contribution in [0.5, 0.6) is 0 Å². The number of benzene rings is 2. The number of anilines is 1. The first-order valence-electron chi connectivity index (χ1n) is 8.74. The molecule has 1 aromatic heterocycles. The third kappa shape index (κ3) is 3.64. The molecule has 0 saturated heterocycles. The molecule has 1 aliphatic heterocycles. The van der Waals surface area contributed by atoms with Gasteiger partial charge < -0.3 is 10.2 Å². The molecule has 1 N–H and O–H groups in total. The molecule has 2 aromatic carbocycles. The van der Waals surface area contributed by atoms with Gasteiger partial charge >= 0.3 is 6.03 Å². The van der Waals surface area contributed by atoms with Gasteiger partial charge in [-0.05, 0) is 61.0 Å². The van der Waals surface area contributed by atoms with Crippen LogP contribution >= 0.6 is 11.6 Å². The van der Waals surface area contributed by atoms with Gasteiger partial charge in [0.1, 0.15) is 0 Å². The Hall–Kier alpha value is -2.92. The highest BCUT2D eigenvalue weighted by Crippen LogP contribution is 2.25. The SMILES string of the molecule is CC(=O)c1ccc(NC(=O)N2CCc3nc4ccc(Cl)cc4cc3C2)cc1. The first-order chi connectivity index (χ1) is 13.0. The van der Waals surface area contributed by atoms with Gasteiger partial charge in [0.25, 0.3) is 0 Å². The molecule has 6 heteroatoms. The summed E-state index contributed by atoms with van der Waals surface area (Å²) in [4.78, 5) is 30.4. The molecule has 0 fully saturated rings. The van der Waals surface area contributed by atoms with Crippen molar-refractivity contribution in [3.63, 3.8) is 0 Å². The second-order valence-corrected chi connectivity index (χ2v) is 7.10. The van der Waals surface area contributed by atoms with Gasteiger partial charge in [-0.2, -0.15) is 0 Å². The summed E-state index contributed by atoms with van der Waals surface area (Å²) < 4.78 is 0. The highest BCUT2D eigenvalue weighted by Gasteiger charge is 2.22. The van der Waals surface area contributed by atoms with Crippen molar-refractivity contribution in [2.75, 3.05) is 11.9 Å². The summed E-state index contributed by atoms with van der Waals surface area (Å²) in [6.45, 7) is 2.63. The highest BCUT2D eigenvalue weighted by atomic mass is 35.5. The molecule has 3 aromatic rings. The number of nitrogens with one attached hydrogen (secondary N) is 1. The van der Waals surface area contributed by atoms with Crippen molar-refractivity contribution in [3.05, 3.63) is 70.4 Å². The van der Waals surface area contributed by atoms with E-state index in [1.807, 2.05) is 18.2 Å². The van der Waals surface area contributed by atoms with Crippen molar-refractivity contribution >= 4 is 40.0 Å². The molecule has 0 atom stereocenters. The fourth-order valence-electron chi connectivity index (χ4n) is 3.27. The van der Waals surface area contributed by atoms with E-state index in [9.17, 15) is 9.59 Å². The van der Waals surface area contributed by atoms with E-state index in [2.05, 4.69) is 11.4 Å². The molecule has 5 nitrogen and oxygen atoms in total. The number of rotatable bonds is 2. The third-order valence-corrected chi connectivity index (χ3v) is 4.99. The second-order valence-electron chi connectivity index (χ2n) is 6.67. The number of nitrogens with zero attached hydrogens (tertiary/aromatic N) is 2. The Labute approximate surface area is 162 Å². The topological polar surface area (TPSA) is 62.3 Å². The summed E-state index contributed by atoms with van der Waals surface area (Å²) in [6, 6.07) is 14.4. The van der Waals surface area contributed by atoms with Gasteiger partial charge in [-0.25, -0.2) is 4.79 Å². The van der Waals surface area contributed by atoms with Gasteiger partial charge in [0, 0.05) is 46.9 Å². The van der Waals surface area contributed by atoms with Gasteiger partial charge in [0.05, 0.1) is 5.52 Å². The summed E-state index contributed by atoms with van der Waals surface area (Å²) in [5.74, 6) is 0.000319. The van der Waals surface area contributed by atoms with E-state index in [0.717, 1.165) is 22.2 Å². The van der Waals surface area contributed by atoms with Gasteiger partial charge in [0.15, 0.2) is 5.78 Å². The quantitative estimate of drug-likeness (QED) is 0.657. The molecule has 0 spiro atoms. The molecule has 0 saturated carbocycles. The highest BCUT2D eigenvalue weighted by molar-refractivity contribution is 6.31. The monoisotopic (exact) mass is 379 g/mol. The van der Waals surface area contributed by atoms with Gasteiger partial charge in [0.2, 0.25) is 0 Å². The van der Waals surface area contributed by atoms with Crippen LogP contribution in [-0.2, 0) is 13.0 Å². The number of aromatic nitrogens is 1. The van der Waals surface area contributed by atoms with E-state index in [1.54, 1.807) is 29.2 Å². The standard InChI is InChI=1S/C21H18ClN3O2/c1-13(26)14-2-5-18(6-3-14)23-21(27)25-9-8-20-16(12-25)10-15-11-17(22)4-7-19(15)24-20/h2-7,10-11H,8-9,12H2,1H3,(H,23,27). The van der Waals surface area contributed by atoms with Crippen LogP contribution in [0.15, 0.2) is 48.5 Å². The van der Waals surface area contributed by atoms with Crippen molar-refractivity contribution in [1.82, 2.24) is 9.88 Å². The predicted octanol–water partition coefficient (Wildman–Crippen LogP) is 4.68. The van der Waals surface area contributed by atoms with Crippen LogP contribution in [0, 0.1) is 0 Å². The minimum Gasteiger partial charge on any atom is -0.320 e. The molecule has 0 unspecified atom stereocenters. The zero-order valence-electron chi connectivity index (χ0n) is 14.8. The average molecular weight is 380 g/mol. The number of halogens is 1. The number of amides is 2. The van der Waals surface area contributed by atoms with Crippen molar-refractivity contribution in [1.29, 1.82) is 0 Å². The normalized spacial score (nSPS) is 13.3. The van der Waals surface area contributed by atoms with E-state index < -0.39 is 0 Å². The zero-order chi connectivity index (χ0) is 19.0. The average Bonchev–Trinajstić information content (AvgIpc) is 2.66. The van der Waals surface area contributed by atoms with Gasteiger partial charge in [-0.3, -0.25) is 9.78 Å². The fourth-order valence-corrected chi connectivity index (χ4v) is 3.45. The number of urea groups is 1. The van der Waals surface area contributed by atoms with Crippen LogP contribution in [0.25, 0.3) is 10.9 Å². The van der Waals surface area contributed by atoms with Crippen molar-refractivity contribution in [3.8, 4) is 0 Å². The smallest absolute Gasteiger partial charge is 0.320 e. The number of hydrogen-bond donors (Lipinski definition) is 1. The van der Waals surface area contributed by atoms with Crippen LogP contribution in [-0.4, -0.2) is 28.2 Å². The van der Waals surface area contributed by atoms with Crippen molar-refractivity contribution < 1.29 is 9.59 Å². The lowest BCUT2D eigenvalue weighted by atomic mass is 10.0. The number of pyridine rings is 1. The fraction of sp³-hybridized carbons (Fsp3) is 0.190. The maximum absolute atomic E-state index is 12.6. The molecule has 4 rings (SSSR count). The van der Waals surface area contributed by atoms with E-state index in [4.69, 9.17) is 16.6 Å². The Bertz CT molecular complexity index is 1050. The summed E-state index contributed by atoms with van der Waals surface area (Å²) in [5, 5.41) is 4.53. The molecule has 27 heavy (non-hydrogen) atoms. The lowest BCUT2D eigenvalue weighted by Gasteiger charge is -2.28. The molecular formula is C21H18ClN3O2. The van der Waals surface area contributed by atoms with Gasteiger partial charge in [-0.1, -0.05) is 11.6 Å². The summed E-state index contributed by atoms with van der Waals surface area (Å²) in [6.07, 6.45) is 0.713. The number of fused-ring (bicyclic) bond motifs is 2. The predicted molar refractivity (Wildman–Crippen MR) is 106 cm³/mol. The summed E-state index contributed by atoms with van der Waals surface area (Å²) in [5.41, 5.74) is 4.27. The summed E-state index contributed by atoms with van der Waals surface area (Å²) >= 11 is 6.08. The van der Waals surface area contributed by atoms with Crippen molar-refractivity contribution in [2.24, 2.45) is 0 Å². The zero-order valence-corrected chi connectivity index (χ0v) is 15.6. The Morgan fingerprint density at radius 1 is 1.11 bits per heavy atom. The second kappa shape index (κ2) is 7.00. The first kappa shape index (κ1) is 17.5. The van der Waals surface area contributed by atoms with E-state index >= 15 is 0 Å². The molecule has 1 aliphatic rings. The van der Waals surface area contributed by atoms with Crippen LogP contribution in [0.1, 0.15) is 28.5 Å². The van der Waals surface area contributed by atoms with Crippen molar-refractivity contribution in [2.45, 2.75) is 19.9 Å². The number of Topliss-reactive ketones (excluding diaryl/α,β-unsaturated/α-hetero) is 1. The summed E-state index contributed by atoms with van der Waals surface area (Å²) in [7, 11) is 0. The minimum atomic E-state index is -0.164. The molecule has 0 aliphatic carbocycles. The van der Waals surface area contributed by atoms with E-state index in [0.29, 0.717) is 35.8 Å². The Balaban J connectivity index is 1.51. The number of carbonyl (C=O) groups is 2. The first-order valence-corrected chi connectivity index (χ1v) is 9.12. The van der Waals surface area contributed by atoms with Crippen LogP contribution in [0.4, 0.5) is 10.5 Å². The van der Waals surface area contributed by atoms with Crippen LogP contribution in [0.2, 0.25) is 5.02 Å². The van der Waals surface area contributed by atoms with Crippen LogP contribution in [0.3, 0.4) is 0 Å². The lowest BCUT2D eigenvalue weighted by molar-refractivity contribution is 0.101. The maximum Gasteiger partial charge on any atom is 0.322 e. The maximum atomic E-state index is 12.6. The van der Waals surface area contributed by atoms with Gasteiger partial charge in [-0.15, -0.1) is 0 Å². The Morgan fingerprint density at radius 3 is 2.63 bits per heavy atom. The van der Waals surface area contributed by atoms with Crippen LogP contribution < -0.4 is 5.32 Å². The third-order valence-electron chi connectivity index (χ3n) is 4.76. The lowest BCUT2D eigenvalue weighted by Crippen LogP contribution is -2.39. The van der Waals surface area contributed by atoms with E-state index in [1.165, 1.54) is 6.92 Å². The molecule has 0 radical (unpaired) electrons. The Morgan fingerprint density at radius 2 is 1.89 bits per heavy atom. The minimum absolute atomic E-state index is 0.000319. The molecule has 136 valence electrons. The number of ketones is 1. The molecular weight excluding hydrogens is 362 g/mol. The van der Waals surface area contributed by atoms with E-state index in [-0.39, 0.29) is 11.8 Å². The molecule has 2 amide bonds. The molecule has 0 bridgehead atoms. The number of carbonyl (C=O) groups excluding carboxylic acids is 2. The Kier molecular flexibility index (Phi) is 4.54.